The number of aliphatic carboxylic acids is 1. The molecule has 2 N–H and O–H groups in total. The van der Waals surface area contributed by atoms with Crippen LogP contribution in [0.2, 0.25) is 5.02 Å². The molecule has 6 nitrogen and oxygen atoms in total. The summed E-state index contributed by atoms with van der Waals surface area (Å²) >= 11 is 6.14. The van der Waals surface area contributed by atoms with Gasteiger partial charge in [0.15, 0.2) is 0 Å². The summed E-state index contributed by atoms with van der Waals surface area (Å²) in [6, 6.07) is 2.30. The summed E-state index contributed by atoms with van der Waals surface area (Å²) in [5, 5.41) is 12.0. The molecule has 1 rings (SSSR count). The number of carboxylic acid groups (broad SMARTS) is 1. The number of carbonyl (C=O) groups is 3. The first-order valence-electron chi connectivity index (χ1n) is 7.20. The van der Waals surface area contributed by atoms with Crippen LogP contribution in [0, 0.1) is 13.8 Å². The van der Waals surface area contributed by atoms with Crippen LogP contribution in [0.4, 0.5) is 0 Å². The van der Waals surface area contributed by atoms with Crippen molar-refractivity contribution in [3.63, 3.8) is 0 Å². The highest BCUT2D eigenvalue weighted by Gasteiger charge is 2.27. The Morgan fingerprint density at radius 2 is 1.83 bits per heavy atom. The summed E-state index contributed by atoms with van der Waals surface area (Å²) in [6.45, 7) is 6.75. The summed E-state index contributed by atoms with van der Waals surface area (Å²) in [4.78, 5) is 36.1. The number of nitrogens with zero attached hydrogens (tertiary/aromatic N) is 1. The molecule has 1 unspecified atom stereocenters. The fourth-order valence-corrected chi connectivity index (χ4v) is 2.36. The van der Waals surface area contributed by atoms with Crippen LogP contribution in [0.3, 0.4) is 0 Å². The van der Waals surface area contributed by atoms with Crippen molar-refractivity contribution < 1.29 is 19.5 Å². The molecule has 0 aliphatic heterocycles. The van der Waals surface area contributed by atoms with Crippen molar-refractivity contribution in [3.05, 3.63) is 33.8 Å². The van der Waals surface area contributed by atoms with Gasteiger partial charge in [-0.25, -0.2) is 4.79 Å². The van der Waals surface area contributed by atoms with E-state index in [1.165, 1.54) is 18.7 Å². The standard InChI is InChI=1S/C16H21ClN2O4/c1-9-7-13(14(17)8-10(9)2)15(21)19(11(3)16(22)23)6-5-18-12(4)20/h7-8,11H,5-6H2,1-4H3,(H,18,20)(H,22,23). The molecule has 0 spiro atoms. The SMILES string of the molecule is CC(=O)NCCN(C(=O)c1cc(C)c(C)cc1Cl)C(C)C(=O)O. The molecular weight excluding hydrogens is 320 g/mol. The Labute approximate surface area is 140 Å². The molecule has 1 atom stereocenters. The monoisotopic (exact) mass is 340 g/mol. The minimum atomic E-state index is -1.12. The lowest BCUT2D eigenvalue weighted by Gasteiger charge is -2.27. The maximum Gasteiger partial charge on any atom is 0.326 e. The molecule has 0 heterocycles. The molecule has 7 heteroatoms. The van der Waals surface area contributed by atoms with E-state index in [0.29, 0.717) is 0 Å². The van der Waals surface area contributed by atoms with Gasteiger partial charge in [0.2, 0.25) is 5.91 Å². The number of hydrogen-bond acceptors (Lipinski definition) is 3. The highest BCUT2D eigenvalue weighted by Crippen LogP contribution is 2.23. The van der Waals surface area contributed by atoms with Crippen LogP contribution in [0.15, 0.2) is 12.1 Å². The zero-order chi connectivity index (χ0) is 17.7. The number of aryl methyl sites for hydroxylation is 2. The van der Waals surface area contributed by atoms with Crippen LogP contribution in [0.1, 0.15) is 35.3 Å². The second kappa shape index (κ2) is 7.97. The number of hydrogen-bond donors (Lipinski definition) is 2. The number of nitrogens with one attached hydrogen (secondary N) is 1. The summed E-state index contributed by atoms with van der Waals surface area (Å²) in [5.74, 6) is -1.84. The van der Waals surface area contributed by atoms with Gasteiger partial charge >= 0.3 is 5.97 Å². The van der Waals surface area contributed by atoms with E-state index in [4.69, 9.17) is 11.6 Å². The Morgan fingerprint density at radius 1 is 1.26 bits per heavy atom. The van der Waals surface area contributed by atoms with Gasteiger partial charge in [0.05, 0.1) is 10.6 Å². The number of carbonyl (C=O) groups excluding carboxylic acids is 2. The van der Waals surface area contributed by atoms with Gasteiger partial charge < -0.3 is 15.3 Å². The zero-order valence-corrected chi connectivity index (χ0v) is 14.4. The third-order valence-electron chi connectivity index (χ3n) is 3.63. The lowest BCUT2D eigenvalue weighted by atomic mass is 10.0. The summed E-state index contributed by atoms with van der Waals surface area (Å²) < 4.78 is 0. The van der Waals surface area contributed by atoms with E-state index in [1.807, 2.05) is 13.8 Å². The van der Waals surface area contributed by atoms with Crippen LogP contribution < -0.4 is 5.32 Å². The Morgan fingerprint density at radius 3 is 2.35 bits per heavy atom. The first-order chi connectivity index (χ1) is 10.6. The van der Waals surface area contributed by atoms with Crippen LogP contribution in [-0.4, -0.2) is 46.9 Å². The van der Waals surface area contributed by atoms with E-state index in [0.717, 1.165) is 11.1 Å². The van der Waals surface area contributed by atoms with Gasteiger partial charge in [-0.3, -0.25) is 9.59 Å². The minimum Gasteiger partial charge on any atom is -0.480 e. The molecule has 0 aliphatic rings. The van der Waals surface area contributed by atoms with Crippen LogP contribution in [0.25, 0.3) is 0 Å². The van der Waals surface area contributed by atoms with Gasteiger partial charge in [-0.05, 0) is 44.0 Å². The quantitative estimate of drug-likeness (QED) is 0.829. The number of halogens is 1. The molecule has 0 saturated carbocycles. The van der Waals surface area contributed by atoms with Crippen molar-refractivity contribution in [1.29, 1.82) is 0 Å². The predicted octanol–water partition coefficient (Wildman–Crippen LogP) is 2.01. The summed E-state index contributed by atoms with van der Waals surface area (Å²) in [6.07, 6.45) is 0. The largest absolute Gasteiger partial charge is 0.480 e. The van der Waals surface area contributed by atoms with Crippen molar-refractivity contribution in [3.8, 4) is 0 Å². The van der Waals surface area contributed by atoms with E-state index in [-0.39, 0.29) is 29.6 Å². The summed E-state index contributed by atoms with van der Waals surface area (Å²) in [7, 11) is 0. The second-order valence-electron chi connectivity index (χ2n) is 5.41. The second-order valence-corrected chi connectivity index (χ2v) is 5.82. The molecule has 23 heavy (non-hydrogen) atoms. The molecule has 0 saturated heterocycles. The molecule has 0 aromatic heterocycles. The number of rotatable bonds is 6. The van der Waals surface area contributed by atoms with E-state index < -0.39 is 17.9 Å². The Hall–Kier alpha value is -2.08. The third-order valence-corrected chi connectivity index (χ3v) is 3.94. The fraction of sp³-hybridized carbons (Fsp3) is 0.438. The maximum absolute atomic E-state index is 12.7. The van der Waals surface area contributed by atoms with Crippen molar-refractivity contribution in [1.82, 2.24) is 10.2 Å². The molecule has 0 radical (unpaired) electrons. The number of carboxylic acids is 1. The van der Waals surface area contributed by atoms with E-state index in [2.05, 4.69) is 5.32 Å². The van der Waals surface area contributed by atoms with Crippen molar-refractivity contribution >= 4 is 29.4 Å². The van der Waals surface area contributed by atoms with Gasteiger partial charge in [-0.2, -0.15) is 0 Å². The lowest BCUT2D eigenvalue weighted by Crippen LogP contribution is -2.46. The Balaban J connectivity index is 3.10. The van der Waals surface area contributed by atoms with Crippen LogP contribution in [-0.2, 0) is 9.59 Å². The maximum atomic E-state index is 12.7. The topological polar surface area (TPSA) is 86.7 Å². The van der Waals surface area contributed by atoms with Crippen molar-refractivity contribution in [2.45, 2.75) is 33.7 Å². The Bertz CT molecular complexity index is 631. The van der Waals surface area contributed by atoms with Gasteiger partial charge in [-0.1, -0.05) is 11.6 Å². The first kappa shape index (κ1) is 19.0. The molecule has 0 bridgehead atoms. The van der Waals surface area contributed by atoms with Crippen molar-refractivity contribution in [2.24, 2.45) is 0 Å². The third kappa shape index (κ3) is 4.96. The average Bonchev–Trinajstić information content (AvgIpc) is 2.45. The van der Waals surface area contributed by atoms with Gasteiger partial charge in [-0.15, -0.1) is 0 Å². The van der Waals surface area contributed by atoms with E-state index >= 15 is 0 Å². The predicted molar refractivity (Wildman–Crippen MR) is 87.7 cm³/mol. The fourth-order valence-electron chi connectivity index (χ4n) is 2.06. The molecule has 0 aliphatic carbocycles. The minimum absolute atomic E-state index is 0.0785. The smallest absolute Gasteiger partial charge is 0.326 e. The highest BCUT2D eigenvalue weighted by atomic mass is 35.5. The number of benzene rings is 1. The van der Waals surface area contributed by atoms with E-state index in [1.54, 1.807) is 12.1 Å². The number of amides is 2. The lowest BCUT2D eigenvalue weighted by molar-refractivity contribution is -0.141. The molecule has 2 amide bonds. The highest BCUT2D eigenvalue weighted by molar-refractivity contribution is 6.34. The molecule has 1 aromatic carbocycles. The molecule has 1 aromatic rings. The normalized spacial score (nSPS) is 11.7. The van der Waals surface area contributed by atoms with E-state index in [9.17, 15) is 19.5 Å². The average molecular weight is 341 g/mol. The van der Waals surface area contributed by atoms with Gasteiger partial charge in [0, 0.05) is 20.0 Å². The van der Waals surface area contributed by atoms with Gasteiger partial charge in [0.25, 0.3) is 5.91 Å². The zero-order valence-electron chi connectivity index (χ0n) is 13.6. The van der Waals surface area contributed by atoms with Crippen molar-refractivity contribution in [2.75, 3.05) is 13.1 Å². The van der Waals surface area contributed by atoms with Crippen LogP contribution in [0.5, 0.6) is 0 Å². The molecule has 126 valence electrons. The van der Waals surface area contributed by atoms with Crippen LogP contribution >= 0.6 is 11.6 Å². The van der Waals surface area contributed by atoms with Gasteiger partial charge in [0.1, 0.15) is 6.04 Å². The summed E-state index contributed by atoms with van der Waals surface area (Å²) in [5.41, 5.74) is 2.09. The molecular formula is C16H21ClN2O4. The Kier molecular flexibility index (Phi) is 6.57. The first-order valence-corrected chi connectivity index (χ1v) is 7.58. The molecule has 0 fully saturated rings.